The van der Waals surface area contributed by atoms with E-state index in [1.807, 2.05) is 43.7 Å². The number of imidazole rings is 1. The van der Waals surface area contributed by atoms with E-state index in [0.717, 1.165) is 16.7 Å². The molecule has 0 aliphatic carbocycles. The molecule has 1 aromatic carbocycles. The Kier molecular flexibility index (Phi) is 3.32. The van der Waals surface area contributed by atoms with E-state index in [1.165, 1.54) is 0 Å². The standard InChI is InChI=1S/C14H20N4O/c1-14(2,8-15)13(19)18(4)10-5-6-12-11(7-10)16-9-17(12)3/h5-7,9H,8,15H2,1-4H3. The Morgan fingerprint density at radius 3 is 2.79 bits per heavy atom. The van der Waals surface area contributed by atoms with E-state index in [9.17, 15) is 4.79 Å². The molecule has 2 aromatic rings. The zero-order valence-corrected chi connectivity index (χ0v) is 11.8. The molecular weight excluding hydrogens is 240 g/mol. The van der Waals surface area contributed by atoms with Gasteiger partial charge >= 0.3 is 0 Å². The number of aromatic nitrogens is 2. The highest BCUT2D eigenvalue weighted by atomic mass is 16.2. The number of benzene rings is 1. The van der Waals surface area contributed by atoms with Crippen LogP contribution >= 0.6 is 0 Å². The molecule has 1 heterocycles. The third-order valence-corrected chi connectivity index (χ3v) is 3.49. The Hall–Kier alpha value is -1.88. The fourth-order valence-corrected chi connectivity index (χ4v) is 1.99. The van der Waals surface area contributed by atoms with Crippen molar-refractivity contribution in [1.82, 2.24) is 9.55 Å². The summed E-state index contributed by atoms with van der Waals surface area (Å²) in [6.07, 6.45) is 1.76. The van der Waals surface area contributed by atoms with Gasteiger partial charge in [0.25, 0.3) is 0 Å². The van der Waals surface area contributed by atoms with Crippen molar-refractivity contribution in [2.24, 2.45) is 18.2 Å². The smallest absolute Gasteiger partial charge is 0.233 e. The van der Waals surface area contributed by atoms with Crippen LogP contribution in [-0.2, 0) is 11.8 Å². The van der Waals surface area contributed by atoms with E-state index in [0.29, 0.717) is 6.54 Å². The van der Waals surface area contributed by atoms with Crippen LogP contribution in [0, 0.1) is 5.41 Å². The zero-order valence-electron chi connectivity index (χ0n) is 11.8. The van der Waals surface area contributed by atoms with Gasteiger partial charge in [0.15, 0.2) is 0 Å². The van der Waals surface area contributed by atoms with E-state index in [4.69, 9.17) is 5.73 Å². The lowest BCUT2D eigenvalue weighted by Gasteiger charge is -2.28. The van der Waals surface area contributed by atoms with Gasteiger partial charge in [-0.05, 0) is 32.0 Å². The van der Waals surface area contributed by atoms with Gasteiger partial charge in [-0.2, -0.15) is 0 Å². The molecule has 0 fully saturated rings. The molecule has 0 aliphatic rings. The van der Waals surface area contributed by atoms with E-state index >= 15 is 0 Å². The van der Waals surface area contributed by atoms with Crippen LogP contribution in [0.25, 0.3) is 11.0 Å². The minimum atomic E-state index is -0.562. The van der Waals surface area contributed by atoms with Crippen molar-refractivity contribution >= 4 is 22.6 Å². The summed E-state index contributed by atoms with van der Waals surface area (Å²) in [7, 11) is 3.71. The first-order chi connectivity index (χ1) is 8.86. The predicted octanol–water partition coefficient (Wildman–Crippen LogP) is 1.52. The quantitative estimate of drug-likeness (QED) is 0.910. The van der Waals surface area contributed by atoms with Crippen molar-refractivity contribution in [2.75, 3.05) is 18.5 Å². The minimum absolute atomic E-state index is 0.00489. The fraction of sp³-hybridized carbons (Fsp3) is 0.429. The molecule has 2 rings (SSSR count). The highest BCUT2D eigenvalue weighted by molar-refractivity contribution is 5.98. The van der Waals surface area contributed by atoms with Crippen molar-refractivity contribution in [2.45, 2.75) is 13.8 Å². The second-order valence-corrected chi connectivity index (χ2v) is 5.48. The molecule has 19 heavy (non-hydrogen) atoms. The molecule has 0 saturated carbocycles. The Morgan fingerprint density at radius 2 is 2.16 bits per heavy atom. The summed E-state index contributed by atoms with van der Waals surface area (Å²) in [6, 6.07) is 5.81. The number of nitrogens with two attached hydrogens (primary N) is 1. The largest absolute Gasteiger partial charge is 0.334 e. The molecule has 102 valence electrons. The lowest BCUT2D eigenvalue weighted by Crippen LogP contribution is -2.42. The molecule has 1 amide bonds. The predicted molar refractivity (Wildman–Crippen MR) is 77.0 cm³/mol. The number of aryl methyl sites for hydroxylation is 1. The molecule has 1 aromatic heterocycles. The van der Waals surface area contributed by atoms with Crippen molar-refractivity contribution in [3.8, 4) is 0 Å². The number of anilines is 1. The molecule has 5 nitrogen and oxygen atoms in total. The first-order valence-electron chi connectivity index (χ1n) is 6.26. The molecule has 0 atom stereocenters. The maximum atomic E-state index is 12.4. The second kappa shape index (κ2) is 4.66. The van der Waals surface area contributed by atoms with Gasteiger partial charge in [0.05, 0.1) is 22.8 Å². The molecule has 0 aliphatic heterocycles. The maximum Gasteiger partial charge on any atom is 0.233 e. The Bertz CT molecular complexity index is 615. The summed E-state index contributed by atoms with van der Waals surface area (Å²) >= 11 is 0. The number of rotatable bonds is 3. The summed E-state index contributed by atoms with van der Waals surface area (Å²) in [5.74, 6) is 0.00489. The highest BCUT2D eigenvalue weighted by Gasteiger charge is 2.29. The molecule has 0 spiro atoms. The number of carbonyl (C=O) groups is 1. The summed E-state index contributed by atoms with van der Waals surface area (Å²) in [5.41, 5.74) is 7.85. The second-order valence-electron chi connectivity index (χ2n) is 5.48. The van der Waals surface area contributed by atoms with Crippen molar-refractivity contribution in [3.63, 3.8) is 0 Å². The van der Waals surface area contributed by atoms with Crippen LogP contribution in [-0.4, -0.2) is 29.1 Å². The Labute approximate surface area is 113 Å². The summed E-state index contributed by atoms with van der Waals surface area (Å²) in [5, 5.41) is 0. The van der Waals surface area contributed by atoms with Crippen LogP contribution in [0.3, 0.4) is 0 Å². The fourth-order valence-electron chi connectivity index (χ4n) is 1.99. The van der Waals surface area contributed by atoms with Gasteiger partial charge in [-0.25, -0.2) is 4.98 Å². The number of hydrogen-bond donors (Lipinski definition) is 1. The lowest BCUT2D eigenvalue weighted by atomic mass is 9.92. The maximum absolute atomic E-state index is 12.4. The van der Waals surface area contributed by atoms with Gasteiger partial charge in [0, 0.05) is 26.3 Å². The number of carbonyl (C=O) groups excluding carboxylic acids is 1. The molecule has 0 bridgehead atoms. The van der Waals surface area contributed by atoms with Gasteiger partial charge in [-0.15, -0.1) is 0 Å². The monoisotopic (exact) mass is 260 g/mol. The van der Waals surface area contributed by atoms with Gasteiger partial charge in [0.1, 0.15) is 0 Å². The van der Waals surface area contributed by atoms with Gasteiger partial charge in [-0.3, -0.25) is 4.79 Å². The van der Waals surface area contributed by atoms with Crippen LogP contribution < -0.4 is 10.6 Å². The van der Waals surface area contributed by atoms with Crippen LogP contribution in [0.1, 0.15) is 13.8 Å². The SMILES string of the molecule is CN(C(=O)C(C)(C)CN)c1ccc2c(c1)ncn2C. The number of hydrogen-bond acceptors (Lipinski definition) is 3. The average molecular weight is 260 g/mol. The van der Waals surface area contributed by atoms with Crippen LogP contribution in [0.2, 0.25) is 0 Å². The summed E-state index contributed by atoms with van der Waals surface area (Å²) < 4.78 is 1.95. The van der Waals surface area contributed by atoms with Gasteiger partial charge in [-0.1, -0.05) is 0 Å². The summed E-state index contributed by atoms with van der Waals surface area (Å²) in [6.45, 7) is 4.03. The molecule has 0 saturated heterocycles. The molecule has 0 radical (unpaired) electrons. The normalized spacial score (nSPS) is 11.8. The van der Waals surface area contributed by atoms with E-state index in [2.05, 4.69) is 4.98 Å². The third kappa shape index (κ3) is 2.33. The van der Waals surface area contributed by atoms with Crippen molar-refractivity contribution in [1.29, 1.82) is 0 Å². The van der Waals surface area contributed by atoms with Gasteiger partial charge < -0.3 is 15.2 Å². The van der Waals surface area contributed by atoms with E-state index < -0.39 is 5.41 Å². The van der Waals surface area contributed by atoms with Crippen molar-refractivity contribution in [3.05, 3.63) is 24.5 Å². The minimum Gasteiger partial charge on any atom is -0.334 e. The first-order valence-corrected chi connectivity index (χ1v) is 6.26. The van der Waals surface area contributed by atoms with E-state index in [1.54, 1.807) is 18.3 Å². The number of fused-ring (bicyclic) bond motifs is 1. The van der Waals surface area contributed by atoms with E-state index in [-0.39, 0.29) is 5.91 Å². The zero-order chi connectivity index (χ0) is 14.2. The Balaban J connectivity index is 2.36. The Morgan fingerprint density at radius 1 is 1.47 bits per heavy atom. The summed E-state index contributed by atoms with van der Waals surface area (Å²) in [4.78, 5) is 18.3. The van der Waals surface area contributed by atoms with Crippen LogP contribution in [0.4, 0.5) is 5.69 Å². The number of nitrogens with zero attached hydrogens (tertiary/aromatic N) is 3. The average Bonchev–Trinajstić information content (AvgIpc) is 2.78. The first kappa shape index (κ1) is 13.5. The van der Waals surface area contributed by atoms with Crippen molar-refractivity contribution < 1.29 is 4.79 Å². The topological polar surface area (TPSA) is 64.2 Å². The molecular formula is C14H20N4O. The van der Waals surface area contributed by atoms with Gasteiger partial charge in [0.2, 0.25) is 5.91 Å². The molecule has 0 unspecified atom stereocenters. The third-order valence-electron chi connectivity index (χ3n) is 3.49. The van der Waals surface area contributed by atoms with Crippen LogP contribution in [0.5, 0.6) is 0 Å². The number of amides is 1. The lowest BCUT2D eigenvalue weighted by molar-refractivity contribution is -0.125. The molecule has 5 heteroatoms. The molecule has 2 N–H and O–H groups in total. The van der Waals surface area contributed by atoms with Crippen LogP contribution in [0.15, 0.2) is 24.5 Å². The highest BCUT2D eigenvalue weighted by Crippen LogP contribution is 2.24.